The highest BCUT2D eigenvalue weighted by Gasteiger charge is 2.26. The van der Waals surface area contributed by atoms with Gasteiger partial charge in [0.05, 0.1) is 6.20 Å². The van der Waals surface area contributed by atoms with Crippen molar-refractivity contribution in [2.75, 3.05) is 18.0 Å². The van der Waals surface area contributed by atoms with Crippen molar-refractivity contribution in [1.82, 2.24) is 14.6 Å². The molecule has 78 valence electrons. The average Bonchev–Trinajstić information content (AvgIpc) is 2.55. The molecule has 2 aromatic rings. The van der Waals surface area contributed by atoms with E-state index in [0.29, 0.717) is 11.6 Å². The highest BCUT2D eigenvalue weighted by molar-refractivity contribution is 5.46. The molecule has 3 rings (SSSR count). The lowest BCUT2D eigenvalue weighted by Crippen LogP contribution is -2.56. The van der Waals surface area contributed by atoms with Crippen LogP contribution in [-0.2, 0) is 0 Å². The first-order valence-electron chi connectivity index (χ1n) is 4.75. The number of pyridine rings is 1. The standard InChI is InChI=1S/C9H10FN5/c10-6-1-2-8-12-9(13-15(8)3-6)14-4-7(11)5-14/h1-3,7H,4-5,11H2. The normalized spacial score (nSPS) is 17.1. The van der Waals surface area contributed by atoms with Crippen LogP contribution in [-0.4, -0.2) is 33.7 Å². The maximum Gasteiger partial charge on any atom is 0.245 e. The second-order valence-electron chi connectivity index (χ2n) is 3.73. The van der Waals surface area contributed by atoms with E-state index in [1.807, 2.05) is 4.90 Å². The van der Waals surface area contributed by atoms with E-state index in [2.05, 4.69) is 10.1 Å². The van der Waals surface area contributed by atoms with Crippen LogP contribution in [0.2, 0.25) is 0 Å². The minimum absolute atomic E-state index is 0.202. The molecule has 3 heterocycles. The van der Waals surface area contributed by atoms with Gasteiger partial charge in [0.2, 0.25) is 5.95 Å². The molecule has 0 amide bonds. The van der Waals surface area contributed by atoms with E-state index in [0.717, 1.165) is 13.1 Å². The maximum atomic E-state index is 12.9. The van der Waals surface area contributed by atoms with Crippen molar-refractivity contribution in [3.8, 4) is 0 Å². The molecule has 0 aromatic carbocycles. The quantitative estimate of drug-likeness (QED) is 0.716. The van der Waals surface area contributed by atoms with Crippen LogP contribution in [0.25, 0.3) is 5.65 Å². The van der Waals surface area contributed by atoms with Crippen molar-refractivity contribution >= 4 is 11.6 Å². The minimum Gasteiger partial charge on any atom is -0.336 e. The van der Waals surface area contributed by atoms with Crippen LogP contribution in [0, 0.1) is 5.82 Å². The molecule has 0 unspecified atom stereocenters. The lowest BCUT2D eigenvalue weighted by molar-refractivity contribution is 0.508. The molecule has 2 N–H and O–H groups in total. The zero-order chi connectivity index (χ0) is 10.4. The molecule has 5 nitrogen and oxygen atoms in total. The summed E-state index contributed by atoms with van der Waals surface area (Å²) in [5.74, 6) is 0.293. The van der Waals surface area contributed by atoms with Crippen LogP contribution in [0.1, 0.15) is 0 Å². The summed E-state index contributed by atoms with van der Waals surface area (Å²) in [4.78, 5) is 6.23. The molecule has 2 aromatic heterocycles. The first kappa shape index (κ1) is 8.60. The zero-order valence-corrected chi connectivity index (χ0v) is 7.97. The summed E-state index contributed by atoms with van der Waals surface area (Å²) in [6.45, 7) is 1.53. The second-order valence-corrected chi connectivity index (χ2v) is 3.73. The Morgan fingerprint density at radius 1 is 1.40 bits per heavy atom. The Labute approximate surface area is 85.3 Å². The third kappa shape index (κ3) is 1.33. The molecule has 0 aliphatic carbocycles. The summed E-state index contributed by atoms with van der Waals surface area (Å²) in [5, 5.41) is 4.17. The number of aromatic nitrogens is 3. The summed E-state index contributed by atoms with van der Waals surface area (Å²) in [6.07, 6.45) is 1.31. The summed E-state index contributed by atoms with van der Waals surface area (Å²) < 4.78 is 14.3. The van der Waals surface area contributed by atoms with Crippen LogP contribution < -0.4 is 10.6 Å². The van der Waals surface area contributed by atoms with Crippen molar-refractivity contribution < 1.29 is 4.39 Å². The second kappa shape index (κ2) is 2.90. The summed E-state index contributed by atoms with van der Waals surface area (Å²) in [5.41, 5.74) is 6.31. The smallest absolute Gasteiger partial charge is 0.245 e. The van der Waals surface area contributed by atoms with E-state index in [1.165, 1.54) is 16.8 Å². The Morgan fingerprint density at radius 3 is 2.93 bits per heavy atom. The van der Waals surface area contributed by atoms with Crippen molar-refractivity contribution in [2.45, 2.75) is 6.04 Å². The van der Waals surface area contributed by atoms with E-state index in [-0.39, 0.29) is 11.9 Å². The van der Waals surface area contributed by atoms with Crippen molar-refractivity contribution in [3.63, 3.8) is 0 Å². The van der Waals surface area contributed by atoms with Gasteiger partial charge in [-0.2, -0.15) is 4.98 Å². The number of hydrogen-bond donors (Lipinski definition) is 1. The number of nitrogens with zero attached hydrogens (tertiary/aromatic N) is 4. The molecule has 0 saturated carbocycles. The maximum absolute atomic E-state index is 12.9. The topological polar surface area (TPSA) is 59.5 Å². The summed E-state index contributed by atoms with van der Waals surface area (Å²) in [7, 11) is 0. The monoisotopic (exact) mass is 207 g/mol. The Hall–Kier alpha value is -1.69. The van der Waals surface area contributed by atoms with Gasteiger partial charge in [-0.25, -0.2) is 8.91 Å². The van der Waals surface area contributed by atoms with Crippen LogP contribution in [0.5, 0.6) is 0 Å². The van der Waals surface area contributed by atoms with Gasteiger partial charge in [0.1, 0.15) is 5.82 Å². The van der Waals surface area contributed by atoms with Crippen molar-refractivity contribution in [3.05, 3.63) is 24.1 Å². The van der Waals surface area contributed by atoms with E-state index in [9.17, 15) is 4.39 Å². The van der Waals surface area contributed by atoms with Gasteiger partial charge in [0, 0.05) is 19.1 Å². The molecule has 1 fully saturated rings. The SMILES string of the molecule is NC1CN(c2nc3ccc(F)cn3n2)C1. The van der Waals surface area contributed by atoms with Crippen molar-refractivity contribution in [2.24, 2.45) is 5.73 Å². The summed E-state index contributed by atoms with van der Waals surface area (Å²) in [6, 6.07) is 3.18. The molecule has 15 heavy (non-hydrogen) atoms. The fourth-order valence-corrected chi connectivity index (χ4v) is 1.66. The van der Waals surface area contributed by atoms with Gasteiger partial charge in [0.15, 0.2) is 5.65 Å². The van der Waals surface area contributed by atoms with Gasteiger partial charge in [-0.05, 0) is 12.1 Å². The number of halogens is 1. The van der Waals surface area contributed by atoms with Gasteiger partial charge < -0.3 is 10.6 Å². The average molecular weight is 207 g/mol. The first-order chi connectivity index (χ1) is 7.22. The molecule has 0 bridgehead atoms. The number of rotatable bonds is 1. The Balaban J connectivity index is 1.99. The fourth-order valence-electron chi connectivity index (χ4n) is 1.66. The largest absolute Gasteiger partial charge is 0.336 e. The predicted molar refractivity (Wildman–Crippen MR) is 53.1 cm³/mol. The molecule has 0 radical (unpaired) electrons. The molecule has 1 saturated heterocycles. The van der Waals surface area contributed by atoms with Gasteiger partial charge in [-0.1, -0.05) is 0 Å². The molecular formula is C9H10FN5. The Bertz CT molecular complexity index is 502. The number of anilines is 1. The number of hydrogen-bond acceptors (Lipinski definition) is 4. The first-order valence-corrected chi connectivity index (χ1v) is 4.75. The third-order valence-electron chi connectivity index (χ3n) is 2.48. The van der Waals surface area contributed by atoms with Gasteiger partial charge in [0.25, 0.3) is 0 Å². The van der Waals surface area contributed by atoms with Crippen molar-refractivity contribution in [1.29, 1.82) is 0 Å². The highest BCUT2D eigenvalue weighted by atomic mass is 19.1. The van der Waals surface area contributed by atoms with Gasteiger partial charge in [-0.3, -0.25) is 0 Å². The lowest BCUT2D eigenvalue weighted by atomic mass is 10.1. The number of fused-ring (bicyclic) bond motifs is 1. The third-order valence-corrected chi connectivity index (χ3v) is 2.48. The minimum atomic E-state index is -0.320. The van der Waals surface area contributed by atoms with E-state index in [1.54, 1.807) is 6.07 Å². The highest BCUT2D eigenvalue weighted by Crippen LogP contribution is 2.16. The Kier molecular flexibility index (Phi) is 1.66. The fraction of sp³-hybridized carbons (Fsp3) is 0.333. The van der Waals surface area contributed by atoms with E-state index < -0.39 is 0 Å². The summed E-state index contributed by atoms with van der Waals surface area (Å²) >= 11 is 0. The zero-order valence-electron chi connectivity index (χ0n) is 7.97. The molecule has 0 spiro atoms. The van der Waals surface area contributed by atoms with E-state index in [4.69, 9.17) is 5.73 Å². The molecular weight excluding hydrogens is 197 g/mol. The van der Waals surface area contributed by atoms with Crippen LogP contribution in [0.4, 0.5) is 10.3 Å². The Morgan fingerprint density at radius 2 is 2.20 bits per heavy atom. The lowest BCUT2D eigenvalue weighted by Gasteiger charge is -2.35. The predicted octanol–water partition coefficient (Wildman–Crippen LogP) is 0.0157. The van der Waals surface area contributed by atoms with Crippen LogP contribution >= 0.6 is 0 Å². The molecule has 0 atom stereocenters. The van der Waals surface area contributed by atoms with Crippen LogP contribution in [0.15, 0.2) is 18.3 Å². The van der Waals surface area contributed by atoms with Crippen LogP contribution in [0.3, 0.4) is 0 Å². The molecule has 6 heteroatoms. The van der Waals surface area contributed by atoms with Gasteiger partial charge >= 0.3 is 0 Å². The molecule has 1 aliphatic rings. The number of nitrogens with two attached hydrogens (primary N) is 1. The molecule has 1 aliphatic heterocycles. The van der Waals surface area contributed by atoms with Gasteiger partial charge in [-0.15, -0.1) is 5.10 Å². The van der Waals surface area contributed by atoms with E-state index >= 15 is 0 Å².